The Kier molecular flexibility index (Phi) is 8.79. The van der Waals surface area contributed by atoms with Crippen molar-refractivity contribution in [3.63, 3.8) is 0 Å². The molecular formula is C25H34N2O6S. The van der Waals surface area contributed by atoms with Crippen molar-refractivity contribution in [1.82, 2.24) is 9.62 Å². The summed E-state index contributed by atoms with van der Waals surface area (Å²) >= 11 is 0. The molecule has 0 radical (unpaired) electrons. The van der Waals surface area contributed by atoms with E-state index in [2.05, 4.69) is 5.32 Å². The molecule has 1 aliphatic rings. The lowest BCUT2D eigenvalue weighted by molar-refractivity contribution is -0.121. The summed E-state index contributed by atoms with van der Waals surface area (Å²) in [6, 6.07) is 10.4. The molecule has 1 aliphatic heterocycles. The van der Waals surface area contributed by atoms with Crippen LogP contribution in [0, 0.1) is 0 Å². The van der Waals surface area contributed by atoms with E-state index in [0.717, 1.165) is 18.4 Å². The smallest absolute Gasteiger partial charge is 0.243 e. The molecule has 186 valence electrons. The van der Waals surface area contributed by atoms with Crippen LogP contribution in [0.5, 0.6) is 17.2 Å². The number of hydrogen-bond acceptors (Lipinski definition) is 6. The van der Waals surface area contributed by atoms with Gasteiger partial charge in [-0.25, -0.2) is 8.42 Å². The van der Waals surface area contributed by atoms with E-state index in [4.69, 9.17) is 14.2 Å². The topological polar surface area (TPSA) is 94.2 Å². The van der Waals surface area contributed by atoms with E-state index < -0.39 is 10.0 Å². The zero-order chi connectivity index (χ0) is 24.7. The molecule has 0 aliphatic carbocycles. The number of hydrogen-bond donors (Lipinski definition) is 1. The molecule has 1 N–H and O–H groups in total. The molecule has 0 spiro atoms. The molecule has 1 amide bonds. The van der Waals surface area contributed by atoms with Crippen molar-refractivity contribution in [2.24, 2.45) is 0 Å². The summed E-state index contributed by atoms with van der Waals surface area (Å²) in [6.45, 7) is 5.32. The predicted molar refractivity (Wildman–Crippen MR) is 130 cm³/mol. The van der Waals surface area contributed by atoms with Gasteiger partial charge < -0.3 is 19.5 Å². The van der Waals surface area contributed by atoms with Crippen LogP contribution in [0.1, 0.15) is 44.2 Å². The second-order valence-corrected chi connectivity index (χ2v) is 10.5. The molecule has 3 rings (SSSR count). The van der Waals surface area contributed by atoms with E-state index in [1.54, 1.807) is 25.3 Å². The Bertz CT molecular complexity index is 1090. The molecule has 1 heterocycles. The lowest BCUT2D eigenvalue weighted by atomic mass is 10.1. The standard InChI is InChI=1S/C25H34N2O6S/c1-18(2)33-23-10-7-19(15-24(23)32-4)17-26-25(28)12-8-20-16-21(9-11-22(20)31-3)34(29,30)27-13-5-6-14-27/h7,9-11,15-16,18H,5-6,8,12-14,17H2,1-4H3,(H,26,28). The zero-order valence-electron chi connectivity index (χ0n) is 20.3. The van der Waals surface area contributed by atoms with E-state index in [-0.39, 0.29) is 23.3 Å². The van der Waals surface area contributed by atoms with Crippen molar-refractivity contribution >= 4 is 15.9 Å². The average molecular weight is 491 g/mol. The highest BCUT2D eigenvalue weighted by molar-refractivity contribution is 7.89. The monoisotopic (exact) mass is 490 g/mol. The molecule has 0 aromatic heterocycles. The van der Waals surface area contributed by atoms with E-state index in [0.29, 0.717) is 48.9 Å². The number of nitrogens with one attached hydrogen (secondary N) is 1. The average Bonchev–Trinajstić information content (AvgIpc) is 3.37. The van der Waals surface area contributed by atoms with Crippen molar-refractivity contribution in [2.75, 3.05) is 27.3 Å². The largest absolute Gasteiger partial charge is 0.496 e. The summed E-state index contributed by atoms with van der Waals surface area (Å²) < 4.78 is 43.8. The third kappa shape index (κ3) is 6.42. The van der Waals surface area contributed by atoms with Gasteiger partial charge in [0.2, 0.25) is 15.9 Å². The second kappa shape index (κ2) is 11.6. The Balaban J connectivity index is 1.62. The second-order valence-electron chi connectivity index (χ2n) is 8.51. The zero-order valence-corrected chi connectivity index (χ0v) is 21.1. The van der Waals surface area contributed by atoms with Gasteiger partial charge in [0.05, 0.1) is 25.2 Å². The molecule has 0 saturated carbocycles. The minimum atomic E-state index is -3.53. The van der Waals surface area contributed by atoms with Crippen molar-refractivity contribution in [1.29, 1.82) is 0 Å². The highest BCUT2D eigenvalue weighted by Crippen LogP contribution is 2.29. The summed E-state index contributed by atoms with van der Waals surface area (Å²) in [5.41, 5.74) is 1.58. The fraction of sp³-hybridized carbons (Fsp3) is 0.480. The Hall–Kier alpha value is -2.78. The SMILES string of the molecule is COc1ccc(S(=O)(=O)N2CCCC2)cc1CCC(=O)NCc1ccc(OC(C)C)c(OC)c1. The van der Waals surface area contributed by atoms with Gasteiger partial charge in [0.15, 0.2) is 11.5 Å². The molecular weight excluding hydrogens is 456 g/mol. The Morgan fingerprint density at radius 3 is 2.32 bits per heavy atom. The predicted octanol–water partition coefficient (Wildman–Crippen LogP) is 3.52. The molecule has 2 aromatic carbocycles. The first-order valence-electron chi connectivity index (χ1n) is 11.5. The van der Waals surface area contributed by atoms with Crippen LogP contribution in [0.2, 0.25) is 0 Å². The first-order valence-corrected chi connectivity index (χ1v) is 13.0. The molecule has 34 heavy (non-hydrogen) atoms. The number of rotatable bonds is 11. The fourth-order valence-electron chi connectivity index (χ4n) is 3.90. The minimum absolute atomic E-state index is 0.0280. The van der Waals surface area contributed by atoms with Crippen LogP contribution in [-0.4, -0.2) is 52.0 Å². The maximum absolute atomic E-state index is 12.9. The van der Waals surface area contributed by atoms with Gasteiger partial charge in [-0.15, -0.1) is 0 Å². The number of sulfonamides is 1. The molecule has 0 bridgehead atoms. The van der Waals surface area contributed by atoms with Gasteiger partial charge in [-0.05, 0) is 74.6 Å². The summed E-state index contributed by atoms with van der Waals surface area (Å²) in [6.07, 6.45) is 2.35. The van der Waals surface area contributed by atoms with Crippen LogP contribution in [0.3, 0.4) is 0 Å². The summed E-state index contributed by atoms with van der Waals surface area (Å²) in [5, 5.41) is 2.91. The lowest BCUT2D eigenvalue weighted by Crippen LogP contribution is -2.28. The van der Waals surface area contributed by atoms with Crippen molar-refractivity contribution in [2.45, 2.75) is 57.1 Å². The van der Waals surface area contributed by atoms with Crippen LogP contribution >= 0.6 is 0 Å². The summed E-state index contributed by atoms with van der Waals surface area (Å²) in [4.78, 5) is 12.8. The Morgan fingerprint density at radius 1 is 1.00 bits per heavy atom. The van der Waals surface area contributed by atoms with Gasteiger partial charge >= 0.3 is 0 Å². The molecule has 0 atom stereocenters. The Labute approximate surface area is 202 Å². The van der Waals surface area contributed by atoms with E-state index in [9.17, 15) is 13.2 Å². The minimum Gasteiger partial charge on any atom is -0.496 e. The molecule has 1 fully saturated rings. The molecule has 0 unspecified atom stereocenters. The summed E-state index contributed by atoms with van der Waals surface area (Å²) in [5.74, 6) is 1.69. The van der Waals surface area contributed by atoms with Crippen molar-refractivity contribution in [3.05, 3.63) is 47.5 Å². The number of aryl methyl sites for hydroxylation is 1. The highest BCUT2D eigenvalue weighted by Gasteiger charge is 2.27. The number of amides is 1. The number of ether oxygens (including phenoxy) is 3. The molecule has 1 saturated heterocycles. The van der Waals surface area contributed by atoms with Gasteiger partial charge in [0.25, 0.3) is 0 Å². The van der Waals surface area contributed by atoms with Crippen LogP contribution in [0.15, 0.2) is 41.3 Å². The fourth-order valence-corrected chi connectivity index (χ4v) is 5.47. The first-order chi connectivity index (χ1) is 16.2. The maximum Gasteiger partial charge on any atom is 0.243 e. The number of methoxy groups -OCH3 is 2. The summed E-state index contributed by atoms with van der Waals surface area (Å²) in [7, 11) is -0.419. The van der Waals surface area contributed by atoms with Crippen molar-refractivity contribution in [3.8, 4) is 17.2 Å². The van der Waals surface area contributed by atoms with Gasteiger partial charge in [0, 0.05) is 26.1 Å². The van der Waals surface area contributed by atoms with Gasteiger partial charge in [-0.1, -0.05) is 6.07 Å². The number of carbonyl (C=O) groups is 1. The van der Waals surface area contributed by atoms with E-state index >= 15 is 0 Å². The van der Waals surface area contributed by atoms with Gasteiger partial charge in [-0.2, -0.15) is 4.31 Å². The number of carbonyl (C=O) groups excluding carboxylic acids is 1. The quantitative estimate of drug-likeness (QED) is 0.518. The lowest BCUT2D eigenvalue weighted by Gasteiger charge is -2.17. The third-order valence-corrected chi connectivity index (χ3v) is 7.55. The maximum atomic E-state index is 12.9. The normalized spacial score (nSPS) is 14.3. The highest BCUT2D eigenvalue weighted by atomic mass is 32.2. The van der Waals surface area contributed by atoms with Gasteiger partial charge in [0.1, 0.15) is 5.75 Å². The van der Waals surface area contributed by atoms with Crippen LogP contribution in [-0.2, 0) is 27.8 Å². The molecule has 9 heteroatoms. The van der Waals surface area contributed by atoms with Crippen LogP contribution in [0.25, 0.3) is 0 Å². The number of benzene rings is 2. The third-order valence-electron chi connectivity index (χ3n) is 5.66. The van der Waals surface area contributed by atoms with Crippen molar-refractivity contribution < 1.29 is 27.4 Å². The Morgan fingerprint density at radius 2 is 1.68 bits per heavy atom. The van der Waals surface area contributed by atoms with Crippen LogP contribution < -0.4 is 19.5 Å². The van der Waals surface area contributed by atoms with E-state index in [1.807, 2.05) is 32.0 Å². The van der Waals surface area contributed by atoms with E-state index in [1.165, 1.54) is 11.4 Å². The van der Waals surface area contributed by atoms with Gasteiger partial charge in [-0.3, -0.25) is 4.79 Å². The first kappa shape index (κ1) is 25.8. The molecule has 8 nitrogen and oxygen atoms in total. The van der Waals surface area contributed by atoms with Crippen LogP contribution in [0.4, 0.5) is 0 Å². The molecule has 2 aromatic rings. The number of nitrogens with zero attached hydrogens (tertiary/aromatic N) is 1.